The molecule has 0 saturated carbocycles. The minimum atomic E-state index is -0.643. The number of aromatic nitrogens is 2. The van der Waals surface area contributed by atoms with E-state index < -0.39 is 6.03 Å². The number of carbonyl (C=O) groups excluding carboxylic acids is 1. The molecular formula is C24H22N4O5. The Bertz CT molecular complexity index is 1290. The summed E-state index contributed by atoms with van der Waals surface area (Å²) in [5.74, 6) is 2.48. The third kappa shape index (κ3) is 4.29. The summed E-state index contributed by atoms with van der Waals surface area (Å²) in [6.45, 7) is 0. The molecule has 33 heavy (non-hydrogen) atoms. The van der Waals surface area contributed by atoms with E-state index >= 15 is 0 Å². The monoisotopic (exact) mass is 446 g/mol. The number of para-hydroxylation sites is 2. The number of ether oxygens (including phenoxy) is 4. The average molecular weight is 446 g/mol. The lowest BCUT2D eigenvalue weighted by Gasteiger charge is -2.22. The highest BCUT2D eigenvalue weighted by Gasteiger charge is 2.19. The first-order valence-corrected chi connectivity index (χ1v) is 9.93. The maximum atomic E-state index is 12.2. The molecule has 0 fully saturated rings. The van der Waals surface area contributed by atoms with Crippen molar-refractivity contribution >= 4 is 28.3 Å². The van der Waals surface area contributed by atoms with Gasteiger partial charge in [0.1, 0.15) is 17.8 Å². The van der Waals surface area contributed by atoms with Crippen molar-refractivity contribution in [2.75, 3.05) is 26.2 Å². The molecule has 0 atom stereocenters. The summed E-state index contributed by atoms with van der Waals surface area (Å²) < 4.78 is 22.1. The van der Waals surface area contributed by atoms with Gasteiger partial charge in [-0.1, -0.05) is 12.1 Å². The number of methoxy groups -OCH3 is 3. The van der Waals surface area contributed by atoms with E-state index in [0.717, 1.165) is 0 Å². The zero-order valence-corrected chi connectivity index (χ0v) is 18.3. The van der Waals surface area contributed by atoms with Crippen LogP contribution in [-0.2, 0) is 0 Å². The van der Waals surface area contributed by atoms with Crippen molar-refractivity contribution in [3.63, 3.8) is 0 Å². The van der Waals surface area contributed by atoms with Gasteiger partial charge in [-0.3, -0.25) is 4.90 Å². The van der Waals surface area contributed by atoms with Gasteiger partial charge in [-0.25, -0.2) is 14.8 Å². The predicted molar refractivity (Wildman–Crippen MR) is 124 cm³/mol. The second kappa shape index (κ2) is 9.31. The van der Waals surface area contributed by atoms with Gasteiger partial charge >= 0.3 is 6.03 Å². The number of rotatable bonds is 7. The minimum absolute atomic E-state index is 0.352. The van der Waals surface area contributed by atoms with Crippen molar-refractivity contribution in [2.45, 2.75) is 0 Å². The first kappa shape index (κ1) is 21.7. The molecule has 0 unspecified atom stereocenters. The highest BCUT2D eigenvalue weighted by atomic mass is 16.5. The zero-order chi connectivity index (χ0) is 23.4. The van der Waals surface area contributed by atoms with Crippen molar-refractivity contribution in [3.05, 3.63) is 67.0 Å². The van der Waals surface area contributed by atoms with Gasteiger partial charge in [0, 0.05) is 6.07 Å². The number of nitrogens with zero attached hydrogens (tertiary/aromatic N) is 3. The number of hydrogen-bond acceptors (Lipinski definition) is 7. The van der Waals surface area contributed by atoms with E-state index in [1.54, 1.807) is 68.8 Å². The Labute approximate surface area is 190 Å². The number of nitrogens with two attached hydrogens (primary N) is 1. The molecule has 9 heteroatoms. The summed E-state index contributed by atoms with van der Waals surface area (Å²) in [6, 6.07) is 16.9. The maximum Gasteiger partial charge on any atom is 0.324 e. The van der Waals surface area contributed by atoms with Crippen LogP contribution in [0.15, 0.2) is 67.0 Å². The van der Waals surface area contributed by atoms with E-state index in [0.29, 0.717) is 51.2 Å². The average Bonchev–Trinajstić information content (AvgIpc) is 2.84. The van der Waals surface area contributed by atoms with Crippen molar-refractivity contribution in [2.24, 2.45) is 5.73 Å². The van der Waals surface area contributed by atoms with Crippen LogP contribution < -0.4 is 29.6 Å². The fraction of sp³-hybridized carbons (Fsp3) is 0.125. The summed E-state index contributed by atoms with van der Waals surface area (Å²) in [5, 5.41) is 0.659. The van der Waals surface area contributed by atoms with E-state index in [-0.39, 0.29) is 0 Å². The van der Waals surface area contributed by atoms with Crippen molar-refractivity contribution in [1.82, 2.24) is 9.97 Å². The molecule has 2 N–H and O–H groups in total. The Hall–Kier alpha value is -4.53. The van der Waals surface area contributed by atoms with Crippen LogP contribution >= 0.6 is 0 Å². The summed E-state index contributed by atoms with van der Waals surface area (Å²) >= 11 is 0. The molecule has 0 aliphatic rings. The summed E-state index contributed by atoms with van der Waals surface area (Å²) in [7, 11) is 4.65. The second-order valence-corrected chi connectivity index (χ2v) is 6.84. The fourth-order valence-corrected chi connectivity index (χ4v) is 3.42. The van der Waals surface area contributed by atoms with E-state index in [2.05, 4.69) is 9.97 Å². The molecule has 4 rings (SSSR count). The van der Waals surface area contributed by atoms with Gasteiger partial charge in [-0.05, 0) is 42.5 Å². The third-order valence-corrected chi connectivity index (χ3v) is 4.96. The lowest BCUT2D eigenvalue weighted by Crippen LogP contribution is -2.31. The van der Waals surface area contributed by atoms with Gasteiger partial charge in [-0.15, -0.1) is 0 Å². The lowest BCUT2D eigenvalue weighted by molar-refractivity contribution is 0.256. The molecule has 1 aromatic heterocycles. The van der Waals surface area contributed by atoms with Crippen LogP contribution in [0.5, 0.6) is 28.9 Å². The quantitative estimate of drug-likeness (QED) is 0.439. The van der Waals surface area contributed by atoms with Gasteiger partial charge in [-0.2, -0.15) is 0 Å². The Morgan fingerprint density at radius 1 is 0.848 bits per heavy atom. The highest BCUT2D eigenvalue weighted by molar-refractivity contribution is 6.00. The van der Waals surface area contributed by atoms with Crippen LogP contribution in [0.4, 0.5) is 16.2 Å². The predicted octanol–water partition coefficient (Wildman–Crippen LogP) is 4.66. The summed E-state index contributed by atoms with van der Waals surface area (Å²) in [5.41, 5.74) is 7.39. The van der Waals surface area contributed by atoms with Crippen LogP contribution in [0.1, 0.15) is 0 Å². The van der Waals surface area contributed by atoms with Gasteiger partial charge in [0.05, 0.1) is 43.6 Å². The maximum absolute atomic E-state index is 12.2. The van der Waals surface area contributed by atoms with Gasteiger partial charge in [0.2, 0.25) is 5.88 Å². The summed E-state index contributed by atoms with van der Waals surface area (Å²) in [4.78, 5) is 22.1. The zero-order valence-electron chi connectivity index (χ0n) is 18.3. The molecular weight excluding hydrogens is 424 g/mol. The van der Waals surface area contributed by atoms with Crippen LogP contribution in [-0.4, -0.2) is 37.3 Å². The van der Waals surface area contributed by atoms with Crippen molar-refractivity contribution < 1.29 is 23.7 Å². The Kier molecular flexibility index (Phi) is 6.12. The number of amides is 2. The molecule has 0 spiro atoms. The van der Waals surface area contributed by atoms with Gasteiger partial charge in [0.15, 0.2) is 11.5 Å². The SMILES string of the molecule is COc1cc2ncnc(Oc3ccc(N(C(N)=O)c4ccccc4OC)cc3)c2cc1OC. The summed E-state index contributed by atoms with van der Waals surface area (Å²) in [6.07, 6.45) is 1.41. The normalized spacial score (nSPS) is 10.5. The molecule has 2 amide bonds. The molecule has 0 radical (unpaired) electrons. The number of hydrogen-bond donors (Lipinski definition) is 1. The first-order valence-electron chi connectivity index (χ1n) is 9.93. The molecule has 0 aliphatic heterocycles. The second-order valence-electron chi connectivity index (χ2n) is 6.84. The van der Waals surface area contributed by atoms with Crippen LogP contribution in [0.2, 0.25) is 0 Å². The van der Waals surface area contributed by atoms with E-state index in [1.807, 2.05) is 6.07 Å². The van der Waals surface area contributed by atoms with Crippen LogP contribution in [0.3, 0.4) is 0 Å². The molecule has 9 nitrogen and oxygen atoms in total. The van der Waals surface area contributed by atoms with Crippen LogP contribution in [0, 0.1) is 0 Å². The topological polar surface area (TPSA) is 109 Å². The van der Waals surface area contributed by atoms with Gasteiger partial charge < -0.3 is 24.7 Å². The van der Waals surface area contributed by atoms with Crippen molar-refractivity contribution in [1.29, 1.82) is 0 Å². The number of benzene rings is 3. The standard InChI is InChI=1S/C24H22N4O5/c1-30-20-7-5-4-6-19(20)28(24(25)29)15-8-10-16(11-9-15)33-23-17-12-21(31-2)22(32-3)13-18(17)26-14-27-23/h4-14H,1-3H3,(H2,25,29). The third-order valence-electron chi connectivity index (χ3n) is 4.96. The van der Waals surface area contributed by atoms with E-state index in [9.17, 15) is 4.79 Å². The number of fused-ring (bicyclic) bond motifs is 1. The molecule has 0 saturated heterocycles. The van der Waals surface area contributed by atoms with Crippen molar-refractivity contribution in [3.8, 4) is 28.9 Å². The van der Waals surface area contributed by atoms with Gasteiger partial charge in [0.25, 0.3) is 0 Å². The fourth-order valence-electron chi connectivity index (χ4n) is 3.42. The Balaban J connectivity index is 1.66. The number of anilines is 2. The number of urea groups is 1. The highest BCUT2D eigenvalue weighted by Crippen LogP contribution is 2.37. The molecule has 4 aromatic rings. The molecule has 168 valence electrons. The molecule has 1 heterocycles. The Morgan fingerprint density at radius 3 is 2.18 bits per heavy atom. The van der Waals surface area contributed by atoms with E-state index in [1.165, 1.54) is 18.3 Å². The largest absolute Gasteiger partial charge is 0.495 e. The van der Waals surface area contributed by atoms with E-state index in [4.69, 9.17) is 24.7 Å². The molecule has 3 aromatic carbocycles. The Morgan fingerprint density at radius 2 is 1.52 bits per heavy atom. The van der Waals surface area contributed by atoms with Crippen LogP contribution in [0.25, 0.3) is 10.9 Å². The lowest BCUT2D eigenvalue weighted by atomic mass is 10.2. The number of primary amides is 1. The first-order chi connectivity index (χ1) is 16.0. The number of carbonyl (C=O) groups is 1. The molecule has 0 aliphatic carbocycles. The smallest absolute Gasteiger partial charge is 0.324 e. The minimum Gasteiger partial charge on any atom is -0.495 e. The molecule has 0 bridgehead atoms.